The standard InChI is InChI=1S/C12H27NO5/c13-3-7-17-11-9-15-5-1-2-6-16-10-12-18-8-4-14/h14H,1-13H2. The van der Waals surface area contributed by atoms with Crippen LogP contribution in [-0.4, -0.2) is 71.1 Å². The van der Waals surface area contributed by atoms with Crippen LogP contribution >= 0.6 is 0 Å². The highest BCUT2D eigenvalue weighted by Gasteiger charge is 1.92. The van der Waals surface area contributed by atoms with Gasteiger partial charge in [0, 0.05) is 19.8 Å². The first-order chi connectivity index (χ1) is 8.91. The van der Waals surface area contributed by atoms with Gasteiger partial charge in [-0.05, 0) is 12.8 Å². The first-order valence-electron chi connectivity index (χ1n) is 6.53. The quantitative estimate of drug-likeness (QED) is 0.398. The summed E-state index contributed by atoms with van der Waals surface area (Å²) in [4.78, 5) is 0. The van der Waals surface area contributed by atoms with E-state index >= 15 is 0 Å². The zero-order chi connectivity index (χ0) is 13.3. The van der Waals surface area contributed by atoms with Crippen LogP contribution in [0.4, 0.5) is 0 Å². The molecule has 0 bridgehead atoms. The molecule has 0 aliphatic rings. The van der Waals surface area contributed by atoms with Crippen molar-refractivity contribution in [3.8, 4) is 0 Å². The molecule has 3 N–H and O–H groups in total. The van der Waals surface area contributed by atoms with Gasteiger partial charge in [0.1, 0.15) is 0 Å². The van der Waals surface area contributed by atoms with Crippen molar-refractivity contribution in [3.05, 3.63) is 0 Å². The fraction of sp³-hybridized carbons (Fsp3) is 1.00. The Morgan fingerprint density at radius 3 is 1.50 bits per heavy atom. The molecular formula is C12H27NO5. The molecule has 0 unspecified atom stereocenters. The number of aliphatic hydroxyl groups is 1. The van der Waals surface area contributed by atoms with E-state index in [1.54, 1.807) is 0 Å². The summed E-state index contributed by atoms with van der Waals surface area (Å²) < 4.78 is 20.9. The van der Waals surface area contributed by atoms with Crippen molar-refractivity contribution in [1.82, 2.24) is 0 Å². The van der Waals surface area contributed by atoms with Crippen LogP contribution in [-0.2, 0) is 18.9 Å². The van der Waals surface area contributed by atoms with Gasteiger partial charge in [-0.1, -0.05) is 0 Å². The second-order valence-corrected chi connectivity index (χ2v) is 3.67. The second kappa shape index (κ2) is 16.8. The maximum atomic E-state index is 8.46. The molecule has 0 amide bonds. The number of nitrogens with two attached hydrogens (primary N) is 1. The summed E-state index contributed by atoms with van der Waals surface area (Å²) in [6, 6.07) is 0. The van der Waals surface area contributed by atoms with Crippen molar-refractivity contribution in [2.75, 3.05) is 66.0 Å². The highest BCUT2D eigenvalue weighted by Crippen LogP contribution is 1.92. The van der Waals surface area contributed by atoms with Crippen LogP contribution in [0.15, 0.2) is 0 Å². The topological polar surface area (TPSA) is 83.2 Å². The highest BCUT2D eigenvalue weighted by atomic mass is 16.5. The van der Waals surface area contributed by atoms with Gasteiger partial charge in [0.05, 0.1) is 46.2 Å². The minimum atomic E-state index is 0.0618. The summed E-state index contributed by atoms with van der Waals surface area (Å²) in [6.45, 7) is 5.38. The van der Waals surface area contributed by atoms with Crippen LogP contribution in [0.2, 0.25) is 0 Å². The SMILES string of the molecule is NCCOCCOCCCCOCCOCCO. The molecule has 0 aliphatic heterocycles. The number of unbranched alkanes of at least 4 members (excludes halogenated alkanes) is 1. The van der Waals surface area contributed by atoms with E-state index in [1.165, 1.54) is 0 Å². The lowest BCUT2D eigenvalue weighted by molar-refractivity contribution is 0.0265. The molecule has 0 heterocycles. The number of hydrogen-bond donors (Lipinski definition) is 2. The maximum Gasteiger partial charge on any atom is 0.0701 e. The van der Waals surface area contributed by atoms with Crippen LogP contribution in [0.25, 0.3) is 0 Å². The molecule has 0 rings (SSSR count). The molecule has 0 radical (unpaired) electrons. The van der Waals surface area contributed by atoms with Gasteiger partial charge in [-0.3, -0.25) is 0 Å². The van der Waals surface area contributed by atoms with Gasteiger partial charge in [-0.25, -0.2) is 0 Å². The lowest BCUT2D eigenvalue weighted by Gasteiger charge is -2.06. The maximum absolute atomic E-state index is 8.46. The molecular weight excluding hydrogens is 238 g/mol. The fourth-order valence-corrected chi connectivity index (χ4v) is 1.20. The van der Waals surface area contributed by atoms with Gasteiger partial charge in [0.25, 0.3) is 0 Å². The molecule has 0 aromatic rings. The summed E-state index contributed by atoms with van der Waals surface area (Å²) in [5.74, 6) is 0. The lowest BCUT2D eigenvalue weighted by Crippen LogP contribution is -2.12. The monoisotopic (exact) mass is 265 g/mol. The molecule has 6 nitrogen and oxygen atoms in total. The number of rotatable bonds is 15. The second-order valence-electron chi connectivity index (χ2n) is 3.67. The Hall–Kier alpha value is -0.240. The molecule has 0 fully saturated rings. The van der Waals surface area contributed by atoms with Gasteiger partial charge in [-0.15, -0.1) is 0 Å². The predicted octanol–water partition coefficient (Wildman–Crippen LogP) is -0.216. The number of hydrogen-bond acceptors (Lipinski definition) is 6. The Morgan fingerprint density at radius 1 is 0.611 bits per heavy atom. The summed E-state index contributed by atoms with van der Waals surface area (Å²) in [5.41, 5.74) is 5.27. The fourth-order valence-electron chi connectivity index (χ4n) is 1.20. The van der Waals surface area contributed by atoms with Crippen LogP contribution in [0, 0.1) is 0 Å². The normalized spacial score (nSPS) is 11.0. The van der Waals surface area contributed by atoms with Crippen molar-refractivity contribution in [2.45, 2.75) is 12.8 Å². The molecule has 0 atom stereocenters. The van der Waals surface area contributed by atoms with Gasteiger partial charge < -0.3 is 29.8 Å². The van der Waals surface area contributed by atoms with E-state index in [9.17, 15) is 0 Å². The molecule has 0 spiro atoms. The van der Waals surface area contributed by atoms with Gasteiger partial charge in [0.15, 0.2) is 0 Å². The molecule has 0 aromatic heterocycles. The molecule has 6 heteroatoms. The van der Waals surface area contributed by atoms with Crippen molar-refractivity contribution < 1.29 is 24.1 Å². The van der Waals surface area contributed by atoms with E-state index in [4.69, 9.17) is 29.8 Å². The van der Waals surface area contributed by atoms with Crippen molar-refractivity contribution in [3.63, 3.8) is 0 Å². The van der Waals surface area contributed by atoms with Crippen LogP contribution < -0.4 is 5.73 Å². The van der Waals surface area contributed by atoms with Crippen LogP contribution in [0.1, 0.15) is 12.8 Å². The van der Waals surface area contributed by atoms with E-state index in [0.29, 0.717) is 46.2 Å². The van der Waals surface area contributed by atoms with E-state index in [1.807, 2.05) is 0 Å². The van der Waals surface area contributed by atoms with Gasteiger partial charge >= 0.3 is 0 Å². The predicted molar refractivity (Wildman–Crippen MR) is 68.7 cm³/mol. The molecule has 110 valence electrons. The summed E-state index contributed by atoms with van der Waals surface area (Å²) in [7, 11) is 0. The van der Waals surface area contributed by atoms with E-state index in [0.717, 1.165) is 26.1 Å². The number of ether oxygens (including phenoxy) is 4. The van der Waals surface area contributed by atoms with Crippen LogP contribution in [0.5, 0.6) is 0 Å². The first kappa shape index (κ1) is 17.8. The molecule has 0 saturated heterocycles. The lowest BCUT2D eigenvalue weighted by atomic mass is 10.3. The van der Waals surface area contributed by atoms with E-state index in [2.05, 4.69) is 0 Å². The Bertz CT molecular complexity index is 132. The highest BCUT2D eigenvalue weighted by molar-refractivity contribution is 4.40. The minimum Gasteiger partial charge on any atom is -0.394 e. The van der Waals surface area contributed by atoms with Gasteiger partial charge in [0.2, 0.25) is 0 Å². The molecule has 0 aliphatic carbocycles. The van der Waals surface area contributed by atoms with Crippen molar-refractivity contribution in [1.29, 1.82) is 0 Å². The summed E-state index contributed by atoms with van der Waals surface area (Å²) >= 11 is 0. The Kier molecular flexibility index (Phi) is 16.5. The van der Waals surface area contributed by atoms with Crippen molar-refractivity contribution >= 4 is 0 Å². The molecule has 18 heavy (non-hydrogen) atoms. The first-order valence-corrected chi connectivity index (χ1v) is 6.53. The average Bonchev–Trinajstić information content (AvgIpc) is 2.39. The Morgan fingerprint density at radius 2 is 1.06 bits per heavy atom. The summed E-state index contributed by atoms with van der Waals surface area (Å²) in [6.07, 6.45) is 1.96. The third-order valence-corrected chi connectivity index (χ3v) is 2.07. The third-order valence-electron chi connectivity index (χ3n) is 2.07. The minimum absolute atomic E-state index is 0.0618. The van der Waals surface area contributed by atoms with Crippen LogP contribution in [0.3, 0.4) is 0 Å². The number of aliphatic hydroxyl groups excluding tert-OH is 1. The molecule has 0 aromatic carbocycles. The van der Waals surface area contributed by atoms with Gasteiger partial charge in [-0.2, -0.15) is 0 Å². The molecule has 0 saturated carbocycles. The average molecular weight is 265 g/mol. The zero-order valence-electron chi connectivity index (χ0n) is 11.1. The Balaban J connectivity index is 2.86. The smallest absolute Gasteiger partial charge is 0.0701 e. The van der Waals surface area contributed by atoms with E-state index < -0.39 is 0 Å². The summed E-state index contributed by atoms with van der Waals surface area (Å²) in [5, 5.41) is 8.46. The largest absolute Gasteiger partial charge is 0.394 e. The zero-order valence-corrected chi connectivity index (χ0v) is 11.1. The Labute approximate surface area is 109 Å². The third kappa shape index (κ3) is 15.8. The van der Waals surface area contributed by atoms with E-state index in [-0.39, 0.29) is 6.61 Å². The van der Waals surface area contributed by atoms with Crippen molar-refractivity contribution in [2.24, 2.45) is 5.73 Å².